The number of benzene rings is 1. The van der Waals surface area contributed by atoms with Crippen LogP contribution >= 0.6 is 0 Å². The highest BCUT2D eigenvalue weighted by Gasteiger charge is 1.99. The normalized spacial score (nSPS) is 9.31. The maximum Gasteiger partial charge on any atom is 0.0991 e. The van der Waals surface area contributed by atoms with Crippen LogP contribution in [0, 0.1) is 18.3 Å². The first-order valence-corrected chi connectivity index (χ1v) is 4.27. The molecule has 0 aliphatic rings. The Hall–Kier alpha value is -1.55. The van der Waals surface area contributed by atoms with E-state index in [1.807, 2.05) is 25.1 Å². The van der Waals surface area contributed by atoms with E-state index < -0.39 is 0 Å². The van der Waals surface area contributed by atoms with E-state index in [4.69, 9.17) is 5.26 Å². The Morgan fingerprint density at radius 2 is 2.23 bits per heavy atom. The van der Waals surface area contributed by atoms with Crippen LogP contribution in [0.4, 0.5) is 0 Å². The molecule has 0 N–H and O–H groups in total. The number of hydrogen-bond acceptors (Lipinski definition) is 1. The summed E-state index contributed by atoms with van der Waals surface area (Å²) in [5, 5.41) is 8.71. The molecule has 1 nitrogen and oxygen atoms in total. The maximum absolute atomic E-state index is 8.71. The molecule has 0 spiro atoms. The van der Waals surface area contributed by atoms with Crippen LogP contribution in [0.25, 0.3) is 0 Å². The minimum absolute atomic E-state index is 0.724. The second-order valence-electron chi connectivity index (χ2n) is 3.39. The summed E-state index contributed by atoms with van der Waals surface area (Å²) in [6.07, 6.45) is 0.862. The van der Waals surface area contributed by atoms with E-state index in [9.17, 15) is 0 Å². The molecular weight excluding hydrogens is 158 g/mol. The zero-order valence-corrected chi connectivity index (χ0v) is 8.09. The first kappa shape index (κ1) is 9.54. The molecule has 1 heteroatoms. The third-order valence-corrected chi connectivity index (χ3v) is 1.97. The van der Waals surface area contributed by atoms with Crippen LogP contribution in [0.2, 0.25) is 0 Å². The van der Waals surface area contributed by atoms with Gasteiger partial charge in [-0.15, -0.1) is 0 Å². The van der Waals surface area contributed by atoms with Crippen LogP contribution in [0.1, 0.15) is 23.6 Å². The van der Waals surface area contributed by atoms with Gasteiger partial charge in [-0.05, 0) is 43.5 Å². The second kappa shape index (κ2) is 3.91. The number of aryl methyl sites for hydroxylation is 1. The summed E-state index contributed by atoms with van der Waals surface area (Å²) in [4.78, 5) is 0. The van der Waals surface area contributed by atoms with Gasteiger partial charge in [-0.25, -0.2) is 0 Å². The highest BCUT2D eigenvalue weighted by Crippen LogP contribution is 2.13. The molecular formula is C12H13N. The largest absolute Gasteiger partial charge is 0.192 e. The van der Waals surface area contributed by atoms with Crippen LogP contribution in [0.5, 0.6) is 0 Å². The topological polar surface area (TPSA) is 23.8 Å². The van der Waals surface area contributed by atoms with Crippen LogP contribution in [-0.4, -0.2) is 0 Å². The van der Waals surface area contributed by atoms with Gasteiger partial charge >= 0.3 is 0 Å². The number of nitriles is 1. The van der Waals surface area contributed by atoms with Gasteiger partial charge in [-0.3, -0.25) is 0 Å². The highest BCUT2D eigenvalue weighted by molar-refractivity contribution is 5.39. The lowest BCUT2D eigenvalue weighted by Crippen LogP contribution is -1.91. The Morgan fingerprint density at radius 1 is 1.54 bits per heavy atom. The van der Waals surface area contributed by atoms with Crippen LogP contribution in [0.3, 0.4) is 0 Å². The smallest absolute Gasteiger partial charge is 0.0991 e. The molecule has 0 aromatic heterocycles. The molecule has 1 aromatic rings. The maximum atomic E-state index is 8.71. The standard InChI is InChI=1S/C12H13N/c1-9(2)6-12-7-11(8-13)5-4-10(12)3/h4-5,7H,1,6H2,2-3H3. The lowest BCUT2D eigenvalue weighted by molar-refractivity contribution is 1.12. The lowest BCUT2D eigenvalue weighted by Gasteiger charge is -2.05. The van der Waals surface area contributed by atoms with Gasteiger partial charge in [0.05, 0.1) is 11.6 Å². The Morgan fingerprint density at radius 3 is 2.77 bits per heavy atom. The first-order valence-electron chi connectivity index (χ1n) is 4.27. The number of allylic oxidation sites excluding steroid dienone is 1. The summed E-state index contributed by atoms with van der Waals surface area (Å²) < 4.78 is 0. The SMILES string of the molecule is C=C(C)Cc1cc(C#N)ccc1C. The summed E-state index contributed by atoms with van der Waals surface area (Å²) in [5.74, 6) is 0. The molecule has 0 radical (unpaired) electrons. The third kappa shape index (κ3) is 2.45. The average Bonchev–Trinajstić information content (AvgIpc) is 2.08. The molecule has 0 unspecified atom stereocenters. The van der Waals surface area contributed by atoms with Crippen molar-refractivity contribution in [2.24, 2.45) is 0 Å². The van der Waals surface area contributed by atoms with Gasteiger partial charge in [0.1, 0.15) is 0 Å². The Labute approximate surface area is 79.3 Å². The predicted molar refractivity (Wildman–Crippen MR) is 54.4 cm³/mol. The van der Waals surface area contributed by atoms with Crippen LogP contribution in [-0.2, 0) is 6.42 Å². The van der Waals surface area contributed by atoms with Crippen molar-refractivity contribution in [2.45, 2.75) is 20.3 Å². The van der Waals surface area contributed by atoms with Crippen molar-refractivity contribution in [1.82, 2.24) is 0 Å². The fourth-order valence-electron chi connectivity index (χ4n) is 1.26. The monoisotopic (exact) mass is 171 g/mol. The van der Waals surface area contributed by atoms with E-state index in [2.05, 4.69) is 19.6 Å². The fraction of sp³-hybridized carbons (Fsp3) is 0.250. The summed E-state index contributed by atoms with van der Waals surface area (Å²) >= 11 is 0. The zero-order chi connectivity index (χ0) is 9.84. The third-order valence-electron chi connectivity index (χ3n) is 1.97. The molecule has 0 atom stereocenters. The van der Waals surface area contributed by atoms with E-state index in [1.165, 1.54) is 11.1 Å². The van der Waals surface area contributed by atoms with E-state index in [0.717, 1.165) is 17.6 Å². The van der Waals surface area contributed by atoms with Crippen molar-refractivity contribution in [1.29, 1.82) is 5.26 Å². The summed E-state index contributed by atoms with van der Waals surface area (Å²) in [7, 11) is 0. The van der Waals surface area contributed by atoms with Gasteiger partial charge in [-0.1, -0.05) is 18.2 Å². The number of hydrogen-bond donors (Lipinski definition) is 0. The summed E-state index contributed by atoms with van der Waals surface area (Å²) in [6, 6.07) is 7.90. The van der Waals surface area contributed by atoms with Gasteiger partial charge in [0.2, 0.25) is 0 Å². The second-order valence-corrected chi connectivity index (χ2v) is 3.39. The molecule has 0 aliphatic heterocycles. The molecule has 0 amide bonds. The van der Waals surface area contributed by atoms with E-state index >= 15 is 0 Å². The van der Waals surface area contributed by atoms with Crippen molar-refractivity contribution in [3.63, 3.8) is 0 Å². The first-order chi connectivity index (χ1) is 6.13. The molecule has 66 valence electrons. The number of rotatable bonds is 2. The summed E-state index contributed by atoms with van der Waals surface area (Å²) in [6.45, 7) is 7.92. The molecule has 0 saturated carbocycles. The van der Waals surface area contributed by atoms with Crippen molar-refractivity contribution in [3.8, 4) is 6.07 Å². The van der Waals surface area contributed by atoms with Crippen molar-refractivity contribution < 1.29 is 0 Å². The lowest BCUT2D eigenvalue weighted by atomic mass is 10.00. The van der Waals surface area contributed by atoms with E-state index in [1.54, 1.807) is 0 Å². The average molecular weight is 171 g/mol. The molecule has 1 rings (SSSR count). The number of nitrogens with zero attached hydrogens (tertiary/aromatic N) is 1. The van der Waals surface area contributed by atoms with E-state index in [0.29, 0.717) is 0 Å². The molecule has 0 saturated heterocycles. The minimum Gasteiger partial charge on any atom is -0.192 e. The van der Waals surface area contributed by atoms with Crippen molar-refractivity contribution >= 4 is 0 Å². The van der Waals surface area contributed by atoms with Gasteiger partial charge < -0.3 is 0 Å². The molecule has 13 heavy (non-hydrogen) atoms. The highest BCUT2D eigenvalue weighted by atomic mass is 14.2. The van der Waals surface area contributed by atoms with Gasteiger partial charge in [0, 0.05) is 0 Å². The van der Waals surface area contributed by atoms with Gasteiger partial charge in [-0.2, -0.15) is 5.26 Å². The summed E-state index contributed by atoms with van der Waals surface area (Å²) in [5.41, 5.74) is 4.27. The van der Waals surface area contributed by atoms with Crippen LogP contribution < -0.4 is 0 Å². The van der Waals surface area contributed by atoms with Gasteiger partial charge in [0.15, 0.2) is 0 Å². The minimum atomic E-state index is 0.724. The fourth-order valence-corrected chi connectivity index (χ4v) is 1.26. The Bertz CT molecular complexity index is 369. The molecule has 0 fully saturated rings. The Kier molecular flexibility index (Phi) is 2.87. The predicted octanol–water partition coefficient (Wildman–Crippen LogP) is 2.99. The quantitative estimate of drug-likeness (QED) is 0.627. The molecule has 0 heterocycles. The van der Waals surface area contributed by atoms with Gasteiger partial charge in [0.25, 0.3) is 0 Å². The van der Waals surface area contributed by atoms with Crippen LogP contribution in [0.15, 0.2) is 30.4 Å². The van der Waals surface area contributed by atoms with E-state index in [-0.39, 0.29) is 0 Å². The molecule has 0 bridgehead atoms. The molecule has 0 aliphatic carbocycles. The van der Waals surface area contributed by atoms with Crippen molar-refractivity contribution in [2.75, 3.05) is 0 Å². The zero-order valence-electron chi connectivity index (χ0n) is 8.09. The molecule has 1 aromatic carbocycles. The Balaban J connectivity index is 3.05. The van der Waals surface area contributed by atoms with Crippen molar-refractivity contribution in [3.05, 3.63) is 47.0 Å².